The van der Waals surface area contributed by atoms with Gasteiger partial charge in [0.05, 0.1) is 0 Å². The van der Waals surface area contributed by atoms with Crippen molar-refractivity contribution in [2.75, 3.05) is 6.54 Å². The van der Waals surface area contributed by atoms with Crippen molar-refractivity contribution >= 4 is 5.97 Å². The lowest BCUT2D eigenvalue weighted by Gasteiger charge is -2.23. The minimum Gasteiger partial charge on any atom is -0.461 e. The molecule has 0 amide bonds. The summed E-state index contributed by atoms with van der Waals surface area (Å²) in [5, 5.41) is 3.06. The number of rotatable bonds is 4. The van der Waals surface area contributed by atoms with Crippen LogP contribution < -0.4 is 5.32 Å². The molecule has 0 heterocycles. The van der Waals surface area contributed by atoms with E-state index in [1.807, 2.05) is 13.8 Å². The van der Waals surface area contributed by atoms with Crippen LogP contribution in [-0.4, -0.2) is 24.7 Å². The fourth-order valence-corrected chi connectivity index (χ4v) is 1.84. The fourth-order valence-electron chi connectivity index (χ4n) is 1.84. The van der Waals surface area contributed by atoms with Crippen LogP contribution in [-0.2, 0) is 9.53 Å². The van der Waals surface area contributed by atoms with Crippen molar-refractivity contribution < 1.29 is 9.53 Å². The Labute approximate surface area is 86.2 Å². The first-order chi connectivity index (χ1) is 6.74. The number of hydrogen-bond acceptors (Lipinski definition) is 3. The summed E-state index contributed by atoms with van der Waals surface area (Å²) in [6, 6.07) is -0.165. The zero-order chi connectivity index (χ0) is 10.4. The molecule has 1 fully saturated rings. The molecule has 0 aromatic heterocycles. The predicted molar refractivity (Wildman–Crippen MR) is 56.1 cm³/mol. The Kier molecular flexibility index (Phi) is 4.94. The third-order valence-electron chi connectivity index (χ3n) is 2.70. The normalized spacial score (nSPS) is 20.4. The van der Waals surface area contributed by atoms with Crippen molar-refractivity contribution in [2.24, 2.45) is 0 Å². The summed E-state index contributed by atoms with van der Waals surface area (Å²) in [7, 11) is 0. The van der Waals surface area contributed by atoms with Gasteiger partial charge in [0.2, 0.25) is 0 Å². The van der Waals surface area contributed by atoms with Crippen LogP contribution in [0.3, 0.4) is 0 Å². The Morgan fingerprint density at radius 3 is 2.64 bits per heavy atom. The summed E-state index contributed by atoms with van der Waals surface area (Å²) in [4.78, 5) is 11.5. The Morgan fingerprint density at radius 1 is 1.43 bits per heavy atom. The zero-order valence-electron chi connectivity index (χ0n) is 9.21. The monoisotopic (exact) mass is 199 g/mol. The number of likely N-dealkylation sites (N-methyl/N-ethyl adjacent to an activating group) is 1. The Hall–Kier alpha value is -0.570. The maximum atomic E-state index is 11.5. The first-order valence-electron chi connectivity index (χ1n) is 5.68. The molecule has 0 spiro atoms. The van der Waals surface area contributed by atoms with E-state index in [4.69, 9.17) is 4.74 Å². The number of carbonyl (C=O) groups is 1. The maximum Gasteiger partial charge on any atom is 0.323 e. The van der Waals surface area contributed by atoms with Gasteiger partial charge in [-0.2, -0.15) is 0 Å². The van der Waals surface area contributed by atoms with Crippen molar-refractivity contribution in [3.63, 3.8) is 0 Å². The van der Waals surface area contributed by atoms with E-state index in [-0.39, 0.29) is 18.1 Å². The molecule has 82 valence electrons. The van der Waals surface area contributed by atoms with E-state index >= 15 is 0 Å². The number of nitrogens with one attached hydrogen (secondary N) is 1. The summed E-state index contributed by atoms with van der Waals surface area (Å²) < 4.78 is 5.40. The standard InChI is InChI=1S/C11H21NO2/c1-3-12-9(2)11(13)14-10-7-5-4-6-8-10/h9-10,12H,3-8H2,1-2H3/t9-/m0/s1. The molecular formula is C11H21NO2. The highest BCUT2D eigenvalue weighted by atomic mass is 16.5. The Balaban J connectivity index is 2.24. The SMILES string of the molecule is CCN[C@@H](C)C(=O)OC1CCCCC1. The summed E-state index contributed by atoms with van der Waals surface area (Å²) in [5.74, 6) is -0.0984. The van der Waals surface area contributed by atoms with E-state index < -0.39 is 0 Å². The van der Waals surface area contributed by atoms with Gasteiger partial charge in [-0.15, -0.1) is 0 Å². The molecule has 0 aliphatic heterocycles. The van der Waals surface area contributed by atoms with Crippen LogP contribution in [0.15, 0.2) is 0 Å². The molecule has 0 aromatic rings. The summed E-state index contributed by atoms with van der Waals surface area (Å²) in [6.45, 7) is 4.65. The van der Waals surface area contributed by atoms with E-state index in [1.54, 1.807) is 0 Å². The molecule has 0 radical (unpaired) electrons. The van der Waals surface area contributed by atoms with Crippen molar-refractivity contribution in [1.82, 2.24) is 5.32 Å². The van der Waals surface area contributed by atoms with Crippen molar-refractivity contribution in [2.45, 2.75) is 58.1 Å². The van der Waals surface area contributed by atoms with Crippen LogP contribution in [0.25, 0.3) is 0 Å². The molecule has 1 saturated carbocycles. The zero-order valence-corrected chi connectivity index (χ0v) is 9.21. The second kappa shape index (κ2) is 6.02. The van der Waals surface area contributed by atoms with Crippen molar-refractivity contribution in [3.05, 3.63) is 0 Å². The van der Waals surface area contributed by atoms with E-state index in [1.165, 1.54) is 19.3 Å². The quantitative estimate of drug-likeness (QED) is 0.702. The molecule has 0 bridgehead atoms. The van der Waals surface area contributed by atoms with E-state index in [0.29, 0.717) is 0 Å². The third kappa shape index (κ3) is 3.66. The van der Waals surface area contributed by atoms with Gasteiger partial charge in [-0.3, -0.25) is 4.79 Å². The van der Waals surface area contributed by atoms with E-state index in [9.17, 15) is 4.79 Å². The summed E-state index contributed by atoms with van der Waals surface area (Å²) >= 11 is 0. The topological polar surface area (TPSA) is 38.3 Å². The van der Waals surface area contributed by atoms with Gasteiger partial charge in [0.15, 0.2) is 0 Å². The minimum atomic E-state index is -0.165. The molecule has 0 saturated heterocycles. The van der Waals surface area contributed by atoms with Crippen LogP contribution in [0, 0.1) is 0 Å². The largest absolute Gasteiger partial charge is 0.461 e. The smallest absolute Gasteiger partial charge is 0.323 e. The van der Waals surface area contributed by atoms with E-state index in [2.05, 4.69) is 5.32 Å². The van der Waals surface area contributed by atoms with Crippen LogP contribution in [0.2, 0.25) is 0 Å². The van der Waals surface area contributed by atoms with Gasteiger partial charge in [0.1, 0.15) is 12.1 Å². The molecule has 1 N–H and O–H groups in total. The lowest BCUT2D eigenvalue weighted by molar-refractivity contribution is -0.152. The van der Waals surface area contributed by atoms with Gasteiger partial charge >= 0.3 is 5.97 Å². The maximum absolute atomic E-state index is 11.5. The lowest BCUT2D eigenvalue weighted by atomic mass is 9.98. The van der Waals surface area contributed by atoms with Gasteiger partial charge in [-0.25, -0.2) is 0 Å². The van der Waals surface area contributed by atoms with Gasteiger partial charge < -0.3 is 10.1 Å². The van der Waals surface area contributed by atoms with Crippen LogP contribution in [0.5, 0.6) is 0 Å². The van der Waals surface area contributed by atoms with Gasteiger partial charge in [-0.05, 0) is 39.2 Å². The molecule has 1 atom stereocenters. The van der Waals surface area contributed by atoms with Crippen molar-refractivity contribution in [1.29, 1.82) is 0 Å². The summed E-state index contributed by atoms with van der Waals surface area (Å²) in [6.07, 6.45) is 5.96. The average Bonchev–Trinajstić information content (AvgIpc) is 2.19. The molecule has 0 aromatic carbocycles. The average molecular weight is 199 g/mol. The number of hydrogen-bond donors (Lipinski definition) is 1. The molecule has 3 heteroatoms. The van der Waals surface area contributed by atoms with Gasteiger partial charge in [-0.1, -0.05) is 13.3 Å². The fraction of sp³-hybridized carbons (Fsp3) is 0.909. The van der Waals surface area contributed by atoms with Crippen LogP contribution in [0.4, 0.5) is 0 Å². The second-order valence-electron chi connectivity index (χ2n) is 3.98. The second-order valence-corrected chi connectivity index (χ2v) is 3.98. The Morgan fingerprint density at radius 2 is 2.07 bits per heavy atom. The molecular weight excluding hydrogens is 178 g/mol. The highest BCUT2D eigenvalue weighted by Crippen LogP contribution is 2.20. The van der Waals surface area contributed by atoms with E-state index in [0.717, 1.165) is 19.4 Å². The molecule has 1 aliphatic rings. The highest BCUT2D eigenvalue weighted by molar-refractivity contribution is 5.75. The predicted octanol–water partition coefficient (Wildman–Crippen LogP) is 1.86. The molecule has 14 heavy (non-hydrogen) atoms. The molecule has 3 nitrogen and oxygen atoms in total. The number of esters is 1. The van der Waals surface area contributed by atoms with Crippen LogP contribution >= 0.6 is 0 Å². The summed E-state index contributed by atoms with van der Waals surface area (Å²) in [5.41, 5.74) is 0. The number of carbonyl (C=O) groups excluding carboxylic acids is 1. The number of ether oxygens (including phenoxy) is 1. The molecule has 1 aliphatic carbocycles. The van der Waals surface area contributed by atoms with Gasteiger partial charge in [0, 0.05) is 0 Å². The highest BCUT2D eigenvalue weighted by Gasteiger charge is 2.20. The first kappa shape index (κ1) is 11.5. The Bertz CT molecular complexity index is 176. The van der Waals surface area contributed by atoms with Gasteiger partial charge in [0.25, 0.3) is 0 Å². The molecule has 0 unspecified atom stereocenters. The van der Waals surface area contributed by atoms with Crippen molar-refractivity contribution in [3.8, 4) is 0 Å². The lowest BCUT2D eigenvalue weighted by Crippen LogP contribution is -2.37. The van der Waals surface area contributed by atoms with Crippen LogP contribution in [0.1, 0.15) is 46.0 Å². The minimum absolute atomic E-state index is 0.0984. The third-order valence-corrected chi connectivity index (χ3v) is 2.70. The molecule has 1 rings (SSSR count). The first-order valence-corrected chi connectivity index (χ1v) is 5.68.